The number of likely N-dealkylation sites (tertiary alicyclic amines) is 1. The molecule has 0 radical (unpaired) electrons. The Hall–Kier alpha value is -1.60. The van der Waals surface area contributed by atoms with E-state index >= 15 is 0 Å². The second-order valence-corrected chi connectivity index (χ2v) is 7.15. The third kappa shape index (κ3) is 4.98. The van der Waals surface area contributed by atoms with Crippen molar-refractivity contribution in [1.29, 1.82) is 0 Å². The molecule has 0 unspecified atom stereocenters. The third-order valence-electron chi connectivity index (χ3n) is 5.25. The average Bonchev–Trinajstić information content (AvgIpc) is 2.63. The number of piperazine rings is 1. The molecule has 1 aromatic rings. The molecule has 2 aliphatic heterocycles. The van der Waals surface area contributed by atoms with Crippen molar-refractivity contribution in [1.82, 2.24) is 14.7 Å². The Morgan fingerprint density at radius 2 is 1.50 bits per heavy atom. The van der Waals surface area contributed by atoms with Crippen LogP contribution in [-0.4, -0.2) is 66.4 Å². The molecule has 2 saturated heterocycles. The van der Waals surface area contributed by atoms with Gasteiger partial charge >= 0.3 is 6.18 Å². The zero-order valence-corrected chi connectivity index (χ0v) is 15.0. The number of halogens is 3. The predicted octanol–water partition coefficient (Wildman–Crippen LogP) is 2.84. The van der Waals surface area contributed by atoms with Crippen LogP contribution in [0, 0.1) is 0 Å². The lowest BCUT2D eigenvalue weighted by atomic mass is 10.1. The first-order valence-corrected chi connectivity index (χ1v) is 9.31. The molecular formula is C19H26F3N3O. The van der Waals surface area contributed by atoms with Crippen molar-refractivity contribution in [2.24, 2.45) is 0 Å². The summed E-state index contributed by atoms with van der Waals surface area (Å²) in [6.07, 6.45) is -0.961. The number of nitrogens with zero attached hydrogens (tertiary/aromatic N) is 3. The van der Waals surface area contributed by atoms with Gasteiger partial charge in [0.25, 0.3) is 0 Å². The summed E-state index contributed by atoms with van der Waals surface area (Å²) < 4.78 is 39.3. The van der Waals surface area contributed by atoms with Crippen LogP contribution < -0.4 is 0 Å². The van der Waals surface area contributed by atoms with Gasteiger partial charge in [-0.3, -0.25) is 14.6 Å². The Labute approximate surface area is 152 Å². The number of alkyl halides is 3. The second kappa shape index (κ2) is 8.39. The highest BCUT2D eigenvalue weighted by molar-refractivity contribution is 5.78. The van der Waals surface area contributed by atoms with Crippen molar-refractivity contribution in [3.63, 3.8) is 0 Å². The summed E-state index contributed by atoms with van der Waals surface area (Å²) in [5.41, 5.74) is -0.236. The van der Waals surface area contributed by atoms with Crippen molar-refractivity contribution in [3.8, 4) is 0 Å². The number of amides is 1. The molecule has 2 fully saturated rings. The fourth-order valence-electron chi connectivity index (χ4n) is 3.72. The smallest absolute Gasteiger partial charge is 0.342 e. The van der Waals surface area contributed by atoms with Gasteiger partial charge in [-0.25, -0.2) is 0 Å². The molecule has 0 aliphatic carbocycles. The zero-order chi connectivity index (χ0) is 18.6. The maximum absolute atomic E-state index is 13.1. The van der Waals surface area contributed by atoms with Crippen LogP contribution in [0.3, 0.4) is 0 Å². The molecule has 26 heavy (non-hydrogen) atoms. The van der Waals surface area contributed by atoms with E-state index in [0.29, 0.717) is 44.8 Å². The number of benzene rings is 1. The zero-order valence-electron chi connectivity index (χ0n) is 15.0. The Morgan fingerprint density at radius 3 is 2.15 bits per heavy atom. The largest absolute Gasteiger partial charge is 0.416 e. The Balaban J connectivity index is 1.49. The summed E-state index contributed by atoms with van der Waals surface area (Å²) in [5, 5.41) is 0. The predicted molar refractivity (Wildman–Crippen MR) is 93.6 cm³/mol. The molecule has 2 aliphatic rings. The second-order valence-electron chi connectivity index (χ2n) is 7.15. The van der Waals surface area contributed by atoms with E-state index < -0.39 is 11.7 Å². The van der Waals surface area contributed by atoms with Gasteiger partial charge in [-0.1, -0.05) is 18.2 Å². The van der Waals surface area contributed by atoms with Crippen LogP contribution >= 0.6 is 0 Å². The highest BCUT2D eigenvalue weighted by Crippen LogP contribution is 2.32. The lowest BCUT2D eigenvalue weighted by Crippen LogP contribution is -2.50. The van der Waals surface area contributed by atoms with Crippen LogP contribution in [0.5, 0.6) is 0 Å². The lowest BCUT2D eigenvalue weighted by molar-refractivity contribution is -0.138. The van der Waals surface area contributed by atoms with E-state index in [2.05, 4.69) is 4.90 Å². The fraction of sp³-hybridized carbons (Fsp3) is 0.632. The molecule has 2 heterocycles. The van der Waals surface area contributed by atoms with E-state index in [1.165, 1.54) is 12.5 Å². The van der Waals surface area contributed by atoms with E-state index in [-0.39, 0.29) is 5.91 Å². The van der Waals surface area contributed by atoms with Crippen LogP contribution in [0.25, 0.3) is 0 Å². The Bertz CT molecular complexity index is 606. The molecule has 1 amide bonds. The Kier molecular flexibility index (Phi) is 6.19. The van der Waals surface area contributed by atoms with Gasteiger partial charge in [0.2, 0.25) is 5.91 Å². The number of hydrogen-bond donors (Lipinski definition) is 0. The molecule has 3 rings (SSSR count). The summed E-state index contributed by atoms with van der Waals surface area (Å²) in [4.78, 5) is 18.4. The quantitative estimate of drug-likeness (QED) is 0.817. The molecule has 4 nitrogen and oxygen atoms in total. The van der Waals surface area contributed by atoms with Gasteiger partial charge in [0.1, 0.15) is 0 Å². The van der Waals surface area contributed by atoms with E-state index in [0.717, 1.165) is 32.0 Å². The van der Waals surface area contributed by atoms with E-state index in [9.17, 15) is 18.0 Å². The molecule has 0 bridgehead atoms. The molecule has 0 aromatic heterocycles. The molecule has 0 N–H and O–H groups in total. The molecule has 7 heteroatoms. The minimum absolute atomic E-state index is 0.181. The fourth-order valence-corrected chi connectivity index (χ4v) is 3.72. The van der Waals surface area contributed by atoms with Crippen LogP contribution in [-0.2, 0) is 17.5 Å². The first-order valence-electron chi connectivity index (χ1n) is 9.31. The first kappa shape index (κ1) is 19.2. The van der Waals surface area contributed by atoms with Crippen molar-refractivity contribution in [3.05, 3.63) is 35.4 Å². The maximum Gasteiger partial charge on any atom is 0.416 e. The molecular weight excluding hydrogens is 343 g/mol. The monoisotopic (exact) mass is 369 g/mol. The highest BCUT2D eigenvalue weighted by Gasteiger charge is 2.33. The number of carbonyl (C=O) groups excluding carboxylic acids is 1. The summed E-state index contributed by atoms with van der Waals surface area (Å²) >= 11 is 0. The van der Waals surface area contributed by atoms with E-state index in [4.69, 9.17) is 0 Å². The summed E-state index contributed by atoms with van der Waals surface area (Å²) in [7, 11) is 0. The van der Waals surface area contributed by atoms with Crippen molar-refractivity contribution in [2.45, 2.75) is 32.0 Å². The van der Waals surface area contributed by atoms with Crippen molar-refractivity contribution < 1.29 is 18.0 Å². The number of piperidine rings is 1. The molecule has 1 aromatic carbocycles. The molecule has 0 saturated carbocycles. The van der Waals surface area contributed by atoms with Gasteiger partial charge in [0, 0.05) is 45.8 Å². The van der Waals surface area contributed by atoms with Gasteiger partial charge in [0.05, 0.1) is 12.1 Å². The van der Waals surface area contributed by atoms with Crippen molar-refractivity contribution >= 4 is 5.91 Å². The number of hydrogen-bond acceptors (Lipinski definition) is 3. The van der Waals surface area contributed by atoms with E-state index in [1.54, 1.807) is 12.1 Å². The number of rotatable bonds is 4. The topological polar surface area (TPSA) is 26.8 Å². The lowest BCUT2D eigenvalue weighted by Gasteiger charge is -2.36. The summed E-state index contributed by atoms with van der Waals surface area (Å²) in [6.45, 7) is 5.22. The van der Waals surface area contributed by atoms with Crippen LogP contribution in [0.2, 0.25) is 0 Å². The number of carbonyl (C=O) groups is 1. The third-order valence-corrected chi connectivity index (χ3v) is 5.25. The SMILES string of the molecule is O=C(CN1CCN(Cc2ccccc2C(F)(F)F)CC1)N1CCCCC1. The van der Waals surface area contributed by atoms with Crippen LogP contribution in [0.4, 0.5) is 13.2 Å². The van der Waals surface area contributed by atoms with Gasteiger partial charge in [-0.15, -0.1) is 0 Å². The summed E-state index contributed by atoms with van der Waals surface area (Å²) in [5.74, 6) is 0.181. The minimum atomic E-state index is -4.32. The van der Waals surface area contributed by atoms with Gasteiger partial charge in [0.15, 0.2) is 0 Å². The van der Waals surface area contributed by atoms with Gasteiger partial charge in [-0.05, 0) is 30.9 Å². The van der Waals surface area contributed by atoms with Gasteiger partial charge in [-0.2, -0.15) is 13.2 Å². The minimum Gasteiger partial charge on any atom is -0.342 e. The maximum atomic E-state index is 13.1. The van der Waals surface area contributed by atoms with Crippen LogP contribution in [0.15, 0.2) is 24.3 Å². The summed E-state index contributed by atoms with van der Waals surface area (Å²) in [6, 6.07) is 5.77. The molecule has 0 spiro atoms. The average molecular weight is 369 g/mol. The standard InChI is InChI=1S/C19H26F3N3O/c20-19(21,22)17-7-3-2-6-16(17)14-23-10-12-24(13-11-23)15-18(26)25-8-4-1-5-9-25/h2-3,6-7H,1,4-5,8-15H2. The van der Waals surface area contributed by atoms with Crippen LogP contribution in [0.1, 0.15) is 30.4 Å². The van der Waals surface area contributed by atoms with Gasteiger partial charge < -0.3 is 4.90 Å². The normalized spacial score (nSPS) is 20.3. The van der Waals surface area contributed by atoms with E-state index in [1.807, 2.05) is 9.80 Å². The first-order chi connectivity index (χ1) is 12.4. The highest BCUT2D eigenvalue weighted by atomic mass is 19.4. The molecule has 0 atom stereocenters. The Morgan fingerprint density at radius 1 is 0.885 bits per heavy atom. The van der Waals surface area contributed by atoms with Crippen molar-refractivity contribution in [2.75, 3.05) is 45.8 Å². The molecule has 144 valence electrons.